The molecule has 1 aromatic heterocycles. The molecule has 5 nitrogen and oxygen atoms in total. The SMILES string of the molecule is CC(=O)N(c1nc(CN2CCCC(C)C2CO)cs1)C1CC1. The Morgan fingerprint density at radius 1 is 1.50 bits per heavy atom. The van der Waals surface area contributed by atoms with Gasteiger partial charge in [0.15, 0.2) is 5.13 Å². The molecule has 1 aliphatic carbocycles. The molecule has 1 N–H and O–H groups in total. The summed E-state index contributed by atoms with van der Waals surface area (Å²) < 4.78 is 0. The molecule has 1 aromatic rings. The first-order chi connectivity index (χ1) is 10.6. The Morgan fingerprint density at radius 3 is 2.91 bits per heavy atom. The van der Waals surface area contributed by atoms with Crippen LogP contribution in [-0.2, 0) is 11.3 Å². The molecule has 6 heteroatoms. The van der Waals surface area contributed by atoms with Gasteiger partial charge >= 0.3 is 0 Å². The summed E-state index contributed by atoms with van der Waals surface area (Å²) in [5.74, 6) is 0.611. The van der Waals surface area contributed by atoms with Crippen molar-refractivity contribution in [3.8, 4) is 0 Å². The Bertz CT molecular complexity index is 529. The van der Waals surface area contributed by atoms with E-state index in [2.05, 4.69) is 22.2 Å². The van der Waals surface area contributed by atoms with Gasteiger partial charge in [0.2, 0.25) is 5.91 Å². The number of carbonyl (C=O) groups excluding carboxylic acids is 1. The van der Waals surface area contributed by atoms with E-state index in [0.29, 0.717) is 12.0 Å². The second-order valence-corrected chi connectivity index (χ2v) is 7.42. The van der Waals surface area contributed by atoms with Gasteiger partial charge in [-0.05, 0) is 38.1 Å². The molecule has 0 aromatic carbocycles. The molecule has 0 bridgehead atoms. The molecule has 1 saturated carbocycles. The number of aliphatic hydroxyl groups is 1. The van der Waals surface area contributed by atoms with Crippen molar-refractivity contribution >= 4 is 22.4 Å². The van der Waals surface area contributed by atoms with Gasteiger partial charge in [0, 0.05) is 30.9 Å². The lowest BCUT2D eigenvalue weighted by atomic mass is 9.91. The highest BCUT2D eigenvalue weighted by atomic mass is 32.1. The van der Waals surface area contributed by atoms with E-state index in [-0.39, 0.29) is 18.6 Å². The number of piperidine rings is 1. The highest BCUT2D eigenvalue weighted by Crippen LogP contribution is 2.34. The van der Waals surface area contributed by atoms with Gasteiger partial charge in [-0.3, -0.25) is 14.6 Å². The van der Waals surface area contributed by atoms with Crippen LogP contribution in [0.15, 0.2) is 5.38 Å². The van der Waals surface area contributed by atoms with Crippen LogP contribution in [0.3, 0.4) is 0 Å². The van der Waals surface area contributed by atoms with Gasteiger partial charge in [-0.15, -0.1) is 11.3 Å². The largest absolute Gasteiger partial charge is 0.395 e. The van der Waals surface area contributed by atoms with Crippen molar-refractivity contribution in [1.82, 2.24) is 9.88 Å². The maximum Gasteiger partial charge on any atom is 0.225 e. The van der Waals surface area contributed by atoms with Gasteiger partial charge in [-0.2, -0.15) is 0 Å². The highest BCUT2D eigenvalue weighted by Gasteiger charge is 2.34. The molecule has 2 fully saturated rings. The van der Waals surface area contributed by atoms with E-state index in [4.69, 9.17) is 0 Å². The average Bonchev–Trinajstić information content (AvgIpc) is 3.19. The van der Waals surface area contributed by atoms with Crippen LogP contribution in [0, 0.1) is 5.92 Å². The van der Waals surface area contributed by atoms with E-state index in [1.807, 2.05) is 4.90 Å². The van der Waals surface area contributed by atoms with Crippen LogP contribution >= 0.6 is 11.3 Å². The van der Waals surface area contributed by atoms with Crippen LogP contribution in [0.2, 0.25) is 0 Å². The molecule has 0 radical (unpaired) electrons. The van der Waals surface area contributed by atoms with Gasteiger partial charge in [0.1, 0.15) is 0 Å². The number of aliphatic hydroxyl groups excluding tert-OH is 1. The monoisotopic (exact) mass is 323 g/mol. The smallest absolute Gasteiger partial charge is 0.225 e. The summed E-state index contributed by atoms with van der Waals surface area (Å²) >= 11 is 1.56. The number of carbonyl (C=O) groups is 1. The normalized spacial score (nSPS) is 26.1. The number of hydrogen-bond donors (Lipinski definition) is 1. The standard InChI is InChI=1S/C16H25N3O2S/c1-11-4-3-7-18(15(11)9-20)8-13-10-22-16(17-13)19(12(2)21)14-5-6-14/h10-11,14-15,20H,3-9H2,1-2H3. The fourth-order valence-corrected chi connectivity index (χ4v) is 4.32. The number of likely N-dealkylation sites (tertiary alicyclic amines) is 1. The second-order valence-electron chi connectivity index (χ2n) is 6.58. The predicted octanol–water partition coefficient (Wildman–Crippen LogP) is 2.25. The van der Waals surface area contributed by atoms with Crippen molar-refractivity contribution in [2.45, 2.75) is 58.2 Å². The van der Waals surface area contributed by atoms with E-state index in [0.717, 1.165) is 36.8 Å². The van der Waals surface area contributed by atoms with Crippen molar-refractivity contribution in [3.05, 3.63) is 11.1 Å². The quantitative estimate of drug-likeness (QED) is 0.903. The summed E-state index contributed by atoms with van der Waals surface area (Å²) in [4.78, 5) is 20.7. The zero-order valence-electron chi connectivity index (χ0n) is 13.4. The maximum absolute atomic E-state index is 11.8. The zero-order valence-corrected chi connectivity index (χ0v) is 14.2. The molecular formula is C16H25N3O2S. The lowest BCUT2D eigenvalue weighted by molar-refractivity contribution is -0.116. The lowest BCUT2D eigenvalue weighted by Crippen LogP contribution is -2.46. The van der Waals surface area contributed by atoms with Crippen LogP contribution in [0.5, 0.6) is 0 Å². The highest BCUT2D eigenvalue weighted by molar-refractivity contribution is 7.14. The summed E-state index contributed by atoms with van der Waals surface area (Å²) in [6.07, 6.45) is 4.54. The first-order valence-corrected chi connectivity index (χ1v) is 9.07. The van der Waals surface area contributed by atoms with E-state index in [1.165, 1.54) is 12.8 Å². The van der Waals surface area contributed by atoms with Gasteiger partial charge in [-0.25, -0.2) is 4.98 Å². The summed E-state index contributed by atoms with van der Waals surface area (Å²) in [6, 6.07) is 0.586. The molecule has 2 aliphatic rings. The van der Waals surface area contributed by atoms with Crippen molar-refractivity contribution in [2.75, 3.05) is 18.1 Å². The Balaban J connectivity index is 1.69. The van der Waals surface area contributed by atoms with Crippen molar-refractivity contribution < 1.29 is 9.90 Å². The number of amides is 1. The molecule has 1 aliphatic heterocycles. The number of nitrogens with zero attached hydrogens (tertiary/aromatic N) is 3. The van der Waals surface area contributed by atoms with Crippen LogP contribution in [0.25, 0.3) is 0 Å². The van der Waals surface area contributed by atoms with Gasteiger partial charge in [0.05, 0.1) is 12.3 Å². The van der Waals surface area contributed by atoms with Crippen molar-refractivity contribution in [3.63, 3.8) is 0 Å². The fraction of sp³-hybridized carbons (Fsp3) is 0.750. The van der Waals surface area contributed by atoms with Gasteiger partial charge in [-0.1, -0.05) is 6.92 Å². The van der Waals surface area contributed by atoms with E-state index >= 15 is 0 Å². The van der Waals surface area contributed by atoms with Crippen LogP contribution in [0.4, 0.5) is 5.13 Å². The molecule has 1 saturated heterocycles. The van der Waals surface area contributed by atoms with Gasteiger partial charge < -0.3 is 5.11 Å². The number of rotatable bonds is 5. The molecule has 22 heavy (non-hydrogen) atoms. The first kappa shape index (κ1) is 15.9. The van der Waals surface area contributed by atoms with Crippen molar-refractivity contribution in [1.29, 1.82) is 0 Å². The van der Waals surface area contributed by atoms with Gasteiger partial charge in [0.25, 0.3) is 0 Å². The minimum absolute atomic E-state index is 0.0863. The predicted molar refractivity (Wildman–Crippen MR) is 88.0 cm³/mol. The molecule has 0 spiro atoms. The lowest BCUT2D eigenvalue weighted by Gasteiger charge is -2.38. The molecule has 3 rings (SSSR count). The number of thiazole rings is 1. The van der Waals surface area contributed by atoms with Crippen molar-refractivity contribution in [2.24, 2.45) is 5.92 Å². The van der Waals surface area contributed by atoms with E-state index in [1.54, 1.807) is 18.3 Å². The van der Waals surface area contributed by atoms with Crippen LogP contribution in [0.1, 0.15) is 45.2 Å². The molecule has 122 valence electrons. The Hall–Kier alpha value is -0.980. The third kappa shape index (κ3) is 3.34. The maximum atomic E-state index is 11.8. The Morgan fingerprint density at radius 2 is 2.27 bits per heavy atom. The Labute approximate surface area is 135 Å². The fourth-order valence-electron chi connectivity index (χ4n) is 3.39. The van der Waals surface area contributed by atoms with E-state index in [9.17, 15) is 9.90 Å². The molecule has 2 unspecified atom stereocenters. The zero-order chi connectivity index (χ0) is 15.7. The second kappa shape index (κ2) is 6.64. The molecule has 1 amide bonds. The molecular weight excluding hydrogens is 298 g/mol. The number of aromatic nitrogens is 1. The number of hydrogen-bond acceptors (Lipinski definition) is 5. The molecule has 2 atom stereocenters. The van der Waals surface area contributed by atoms with Crippen LogP contribution in [-0.4, -0.2) is 46.1 Å². The summed E-state index contributed by atoms with van der Waals surface area (Å²) in [6.45, 7) is 5.82. The summed E-state index contributed by atoms with van der Waals surface area (Å²) in [5, 5.41) is 12.5. The summed E-state index contributed by atoms with van der Waals surface area (Å²) in [5.41, 5.74) is 1.01. The minimum Gasteiger partial charge on any atom is -0.395 e. The van der Waals surface area contributed by atoms with Crippen LogP contribution < -0.4 is 4.90 Å². The topological polar surface area (TPSA) is 56.7 Å². The Kier molecular flexibility index (Phi) is 4.80. The third-order valence-electron chi connectivity index (χ3n) is 4.78. The first-order valence-electron chi connectivity index (χ1n) is 8.19. The molecule has 2 heterocycles. The summed E-state index contributed by atoms with van der Waals surface area (Å²) in [7, 11) is 0. The van der Waals surface area contributed by atoms with E-state index < -0.39 is 0 Å². The third-order valence-corrected chi connectivity index (χ3v) is 5.67. The average molecular weight is 323 g/mol. The number of anilines is 1. The minimum atomic E-state index is 0.0863.